The first-order chi connectivity index (χ1) is 24.9. The lowest BCUT2D eigenvalue weighted by atomic mass is 9.94. The van der Waals surface area contributed by atoms with Gasteiger partial charge in [-0.15, -0.1) is 0 Å². The number of phenolic OH excluding ortho intramolecular Hbond substituents is 1. The third kappa shape index (κ3) is 14.2. The Bertz CT molecular complexity index is 1660. The molecule has 0 aromatic heterocycles. The molecule has 0 spiro atoms. The average Bonchev–Trinajstić information content (AvgIpc) is 3.06. The van der Waals surface area contributed by atoms with Gasteiger partial charge < -0.3 is 30.1 Å². The van der Waals surface area contributed by atoms with E-state index in [0.29, 0.717) is 17.5 Å². The fourth-order valence-corrected chi connectivity index (χ4v) is 5.97. The monoisotopic (exact) mass is 729 g/mol. The summed E-state index contributed by atoms with van der Waals surface area (Å²) in [6, 6.07) is 18.2. The predicted octanol–water partition coefficient (Wildman–Crippen LogP) is 7.66. The maximum atomic E-state index is 15.0. The number of carbonyl (C=O) groups excluding carboxylic acids is 4. The molecular weight excluding hydrogens is 670 g/mol. The molecule has 3 N–H and O–H groups in total. The van der Waals surface area contributed by atoms with Crippen molar-refractivity contribution in [2.45, 2.75) is 130 Å². The summed E-state index contributed by atoms with van der Waals surface area (Å²) in [5.74, 6) is -1.56. The number of phenols is 1. The predicted molar refractivity (Wildman–Crippen MR) is 207 cm³/mol. The molecule has 0 heterocycles. The highest BCUT2D eigenvalue weighted by Gasteiger charge is 2.39. The van der Waals surface area contributed by atoms with Crippen LogP contribution in [0.25, 0.3) is 0 Å². The molecule has 0 aliphatic rings. The topological polar surface area (TPSA) is 134 Å². The molecule has 0 saturated carbocycles. The number of hydrogen-bond acceptors (Lipinski definition) is 7. The number of ether oxygens (including phenoxy) is 2. The smallest absolute Gasteiger partial charge is 0.408 e. The second-order valence-electron chi connectivity index (χ2n) is 15.7. The molecule has 53 heavy (non-hydrogen) atoms. The molecule has 3 aromatic rings. The molecule has 0 aliphatic carbocycles. The van der Waals surface area contributed by atoms with E-state index in [9.17, 15) is 19.5 Å². The highest BCUT2D eigenvalue weighted by molar-refractivity contribution is 5.94. The van der Waals surface area contributed by atoms with E-state index >= 15 is 4.79 Å². The minimum atomic E-state index is -1.16. The molecule has 0 bridgehead atoms. The molecule has 3 unspecified atom stereocenters. The second kappa shape index (κ2) is 19.3. The molecule has 288 valence electrons. The van der Waals surface area contributed by atoms with Crippen molar-refractivity contribution in [1.82, 2.24) is 15.5 Å². The summed E-state index contributed by atoms with van der Waals surface area (Å²) in [4.78, 5) is 58.4. The Morgan fingerprint density at radius 3 is 1.94 bits per heavy atom. The van der Waals surface area contributed by atoms with Gasteiger partial charge in [0, 0.05) is 19.4 Å². The van der Waals surface area contributed by atoms with Crippen molar-refractivity contribution in [3.63, 3.8) is 0 Å². The molecule has 10 heteroatoms. The van der Waals surface area contributed by atoms with Crippen LogP contribution in [0.3, 0.4) is 0 Å². The van der Waals surface area contributed by atoms with Crippen LogP contribution in [-0.2, 0) is 36.7 Å². The summed E-state index contributed by atoms with van der Waals surface area (Å²) in [6.07, 6.45) is 2.79. The molecule has 10 nitrogen and oxygen atoms in total. The van der Waals surface area contributed by atoms with Gasteiger partial charge in [-0.1, -0.05) is 92.4 Å². The number of rotatable bonds is 16. The molecule has 3 atom stereocenters. The van der Waals surface area contributed by atoms with E-state index in [2.05, 4.69) is 17.6 Å². The number of nitrogens with one attached hydrogen (secondary N) is 2. The molecule has 0 fully saturated rings. The van der Waals surface area contributed by atoms with Crippen molar-refractivity contribution >= 4 is 23.9 Å². The largest absolute Gasteiger partial charge is 0.508 e. The van der Waals surface area contributed by atoms with Gasteiger partial charge >= 0.3 is 12.1 Å². The number of hydrogen-bond donors (Lipinski definition) is 3. The van der Waals surface area contributed by atoms with E-state index in [4.69, 9.17) is 9.47 Å². The number of nitrogens with zero attached hydrogens (tertiary/aromatic N) is 1. The molecule has 0 aliphatic heterocycles. The summed E-state index contributed by atoms with van der Waals surface area (Å²) < 4.78 is 11.4. The quantitative estimate of drug-likeness (QED) is 0.102. The van der Waals surface area contributed by atoms with Crippen molar-refractivity contribution in [3.05, 3.63) is 101 Å². The van der Waals surface area contributed by atoms with E-state index in [1.807, 2.05) is 62.4 Å². The fraction of sp³-hybridized carbons (Fsp3) is 0.488. The van der Waals surface area contributed by atoms with Gasteiger partial charge in [0.15, 0.2) is 0 Å². The van der Waals surface area contributed by atoms with Crippen molar-refractivity contribution in [3.8, 4) is 5.75 Å². The number of carbonyl (C=O) groups is 4. The van der Waals surface area contributed by atoms with Gasteiger partial charge in [0.05, 0.1) is 0 Å². The first-order valence-electron chi connectivity index (χ1n) is 18.6. The minimum absolute atomic E-state index is 0.0657. The molecule has 3 rings (SSSR count). The Morgan fingerprint density at radius 2 is 1.34 bits per heavy atom. The molecule has 0 saturated heterocycles. The third-order valence-electron chi connectivity index (χ3n) is 8.48. The highest BCUT2D eigenvalue weighted by atomic mass is 16.6. The van der Waals surface area contributed by atoms with Gasteiger partial charge in [-0.25, -0.2) is 9.59 Å². The van der Waals surface area contributed by atoms with Crippen LogP contribution in [0.2, 0.25) is 0 Å². The van der Waals surface area contributed by atoms with E-state index < -0.39 is 53.2 Å². The van der Waals surface area contributed by atoms with Crippen LogP contribution in [-0.4, -0.2) is 63.7 Å². The summed E-state index contributed by atoms with van der Waals surface area (Å²) in [5, 5.41) is 15.7. The number of unbranched alkanes of at least 4 members (excludes halogenated alkanes) is 3. The van der Waals surface area contributed by atoms with E-state index in [0.717, 1.165) is 36.0 Å². The Kier molecular flexibility index (Phi) is 15.5. The molecular formula is C43H59N3O7. The van der Waals surface area contributed by atoms with Gasteiger partial charge in [-0.05, 0) is 96.2 Å². The zero-order chi connectivity index (χ0) is 39.3. The van der Waals surface area contributed by atoms with E-state index in [-0.39, 0.29) is 25.1 Å². The Balaban J connectivity index is 2.17. The van der Waals surface area contributed by atoms with Gasteiger partial charge in [0.2, 0.25) is 11.8 Å². The van der Waals surface area contributed by atoms with Crippen molar-refractivity contribution in [2.75, 3.05) is 6.54 Å². The van der Waals surface area contributed by atoms with E-state index in [1.165, 1.54) is 17.0 Å². The molecule has 0 radical (unpaired) electrons. The van der Waals surface area contributed by atoms with Gasteiger partial charge in [0.1, 0.15) is 35.1 Å². The number of esters is 1. The van der Waals surface area contributed by atoms with Crippen LogP contribution in [0.1, 0.15) is 108 Å². The standard InChI is InChI=1S/C43H59N3O7/c1-10-11-12-16-25-46(39(49)35(45-41(51)53-43(7,8)9)27-32-21-23-33(47)24-22-32)37(34-26-29(2)19-20-30(34)3)38(48)44-36(40(50)52-42(4,5)6)28-31-17-14-13-15-18-31/h13-15,17-24,26,35-37,47H,10-12,16,25,27-28H2,1-9H3,(H,44,48)(H,45,51). The lowest BCUT2D eigenvalue weighted by Crippen LogP contribution is -2.55. The maximum Gasteiger partial charge on any atom is 0.408 e. The Labute approximate surface area is 315 Å². The zero-order valence-electron chi connectivity index (χ0n) is 33.0. The van der Waals surface area contributed by atoms with Crippen LogP contribution in [0.15, 0.2) is 72.8 Å². The van der Waals surface area contributed by atoms with Crippen LogP contribution >= 0.6 is 0 Å². The second-order valence-corrected chi connectivity index (χ2v) is 15.7. The first-order valence-corrected chi connectivity index (χ1v) is 18.6. The van der Waals surface area contributed by atoms with Gasteiger partial charge in [-0.3, -0.25) is 9.59 Å². The van der Waals surface area contributed by atoms with E-state index in [1.54, 1.807) is 53.7 Å². The van der Waals surface area contributed by atoms with Crippen LogP contribution < -0.4 is 10.6 Å². The SMILES string of the molecule is CCCCCCN(C(=O)C(Cc1ccc(O)cc1)NC(=O)OC(C)(C)C)C(C(=O)NC(Cc1ccccc1)C(=O)OC(C)(C)C)c1cc(C)ccc1C. The minimum Gasteiger partial charge on any atom is -0.508 e. The number of benzene rings is 3. The zero-order valence-corrected chi connectivity index (χ0v) is 33.0. The summed E-state index contributed by atoms with van der Waals surface area (Å²) in [5.41, 5.74) is 2.16. The Hall–Kier alpha value is -4.86. The number of alkyl carbamates (subject to hydrolysis) is 1. The van der Waals surface area contributed by atoms with Crippen molar-refractivity contribution in [2.24, 2.45) is 0 Å². The summed E-state index contributed by atoms with van der Waals surface area (Å²) >= 11 is 0. The highest BCUT2D eigenvalue weighted by Crippen LogP contribution is 2.29. The Morgan fingerprint density at radius 1 is 0.736 bits per heavy atom. The number of aryl methyl sites for hydroxylation is 2. The van der Waals surface area contributed by atoms with Gasteiger partial charge in [0.25, 0.3) is 0 Å². The number of aromatic hydroxyl groups is 1. The lowest BCUT2D eigenvalue weighted by molar-refractivity contribution is -0.159. The summed E-state index contributed by atoms with van der Waals surface area (Å²) in [6.45, 7) is 16.6. The summed E-state index contributed by atoms with van der Waals surface area (Å²) in [7, 11) is 0. The lowest BCUT2D eigenvalue weighted by Gasteiger charge is -2.36. The van der Waals surface area contributed by atoms with Gasteiger partial charge in [-0.2, -0.15) is 0 Å². The van der Waals surface area contributed by atoms with Crippen molar-refractivity contribution < 1.29 is 33.8 Å². The average molecular weight is 730 g/mol. The normalized spacial score (nSPS) is 13.3. The fourth-order valence-electron chi connectivity index (χ4n) is 5.97. The maximum absolute atomic E-state index is 15.0. The molecule has 3 amide bonds. The van der Waals surface area contributed by atoms with Crippen LogP contribution in [0.5, 0.6) is 5.75 Å². The number of amides is 3. The van der Waals surface area contributed by atoms with Crippen LogP contribution in [0.4, 0.5) is 4.79 Å². The van der Waals surface area contributed by atoms with Crippen LogP contribution in [0, 0.1) is 13.8 Å². The van der Waals surface area contributed by atoms with Crippen molar-refractivity contribution in [1.29, 1.82) is 0 Å². The molecule has 3 aromatic carbocycles. The third-order valence-corrected chi connectivity index (χ3v) is 8.48. The first kappa shape index (κ1) is 42.6.